The molecule has 1 heterocycles. The van der Waals surface area contributed by atoms with Crippen LogP contribution >= 0.6 is 0 Å². The lowest BCUT2D eigenvalue weighted by molar-refractivity contribution is -0.149. The maximum Gasteiger partial charge on any atom is 0.344 e. The molecular weight excluding hydrogens is 436 g/mol. The van der Waals surface area contributed by atoms with Crippen LogP contribution in [0.3, 0.4) is 0 Å². The van der Waals surface area contributed by atoms with Crippen molar-refractivity contribution in [1.82, 2.24) is 0 Å². The Morgan fingerprint density at radius 2 is 1.59 bits per heavy atom. The summed E-state index contributed by atoms with van der Waals surface area (Å²) < 4.78 is 16.2. The highest BCUT2D eigenvalue weighted by molar-refractivity contribution is 5.95. The molecule has 0 saturated carbocycles. The van der Waals surface area contributed by atoms with E-state index in [2.05, 4.69) is 5.32 Å². The molecule has 2 amide bonds. The third-order valence-corrected chi connectivity index (χ3v) is 5.07. The molecule has 0 radical (unpaired) electrons. The molecule has 0 aromatic heterocycles. The fraction of sp³-hybridized carbons (Fsp3) is 0.192. The number of amides is 2. The molecule has 3 aromatic carbocycles. The van der Waals surface area contributed by atoms with Crippen molar-refractivity contribution >= 4 is 29.2 Å². The third kappa shape index (κ3) is 6.13. The van der Waals surface area contributed by atoms with Crippen LogP contribution in [0.4, 0.5) is 11.4 Å². The standard InChI is InChI=1S/C26H24N2O6/c29-24(27-22-9-4-5-10-23(22)34-21-7-2-1-3-8-21)17-33-26(31)18-32-20-14-12-19(13-15-20)28-16-6-11-25(28)30/h1-5,7-10,12-15H,6,11,16-18H2,(H,27,29). The Hall–Kier alpha value is -4.33. The normalized spacial score (nSPS) is 12.8. The van der Waals surface area contributed by atoms with Gasteiger partial charge in [-0.2, -0.15) is 0 Å². The van der Waals surface area contributed by atoms with E-state index in [-0.39, 0.29) is 12.5 Å². The molecule has 0 spiro atoms. The van der Waals surface area contributed by atoms with Gasteiger partial charge in [0.05, 0.1) is 5.69 Å². The molecule has 174 valence electrons. The van der Waals surface area contributed by atoms with E-state index in [1.165, 1.54) is 0 Å². The summed E-state index contributed by atoms with van der Waals surface area (Å²) >= 11 is 0. The summed E-state index contributed by atoms with van der Waals surface area (Å²) in [5.74, 6) is 0.483. The molecule has 0 atom stereocenters. The first-order valence-electron chi connectivity index (χ1n) is 10.9. The van der Waals surface area contributed by atoms with Crippen LogP contribution in [0, 0.1) is 0 Å². The Labute approximate surface area is 197 Å². The minimum atomic E-state index is -0.678. The first-order chi connectivity index (χ1) is 16.6. The van der Waals surface area contributed by atoms with E-state index in [4.69, 9.17) is 14.2 Å². The highest BCUT2D eigenvalue weighted by atomic mass is 16.6. The van der Waals surface area contributed by atoms with E-state index < -0.39 is 18.5 Å². The molecule has 1 fully saturated rings. The lowest BCUT2D eigenvalue weighted by atomic mass is 10.3. The molecule has 1 saturated heterocycles. The van der Waals surface area contributed by atoms with Crippen molar-refractivity contribution in [2.45, 2.75) is 12.8 Å². The van der Waals surface area contributed by atoms with Gasteiger partial charge in [0.2, 0.25) is 5.91 Å². The molecular formula is C26H24N2O6. The SMILES string of the molecule is O=C(COC(=O)COc1ccc(N2CCCC2=O)cc1)Nc1ccccc1Oc1ccccc1. The van der Waals surface area contributed by atoms with Gasteiger partial charge in [-0.15, -0.1) is 0 Å². The lowest BCUT2D eigenvalue weighted by Gasteiger charge is -2.16. The van der Waals surface area contributed by atoms with E-state index in [0.29, 0.717) is 35.9 Å². The van der Waals surface area contributed by atoms with Crippen LogP contribution in [0.2, 0.25) is 0 Å². The minimum absolute atomic E-state index is 0.102. The zero-order chi connectivity index (χ0) is 23.8. The predicted molar refractivity (Wildman–Crippen MR) is 126 cm³/mol. The molecule has 8 heteroatoms. The second kappa shape index (κ2) is 11.0. The molecule has 0 aliphatic carbocycles. The van der Waals surface area contributed by atoms with Gasteiger partial charge in [-0.25, -0.2) is 4.79 Å². The molecule has 1 N–H and O–H groups in total. The third-order valence-electron chi connectivity index (χ3n) is 5.07. The zero-order valence-electron chi connectivity index (χ0n) is 18.4. The van der Waals surface area contributed by atoms with Gasteiger partial charge in [-0.05, 0) is 55.0 Å². The monoisotopic (exact) mass is 460 g/mol. The lowest BCUT2D eigenvalue weighted by Crippen LogP contribution is -2.24. The number of carbonyl (C=O) groups is 3. The molecule has 8 nitrogen and oxygen atoms in total. The maximum atomic E-state index is 12.3. The Kier molecular flexibility index (Phi) is 7.39. The van der Waals surface area contributed by atoms with E-state index in [1.807, 2.05) is 18.2 Å². The van der Waals surface area contributed by atoms with E-state index in [1.54, 1.807) is 65.6 Å². The number of esters is 1. The highest BCUT2D eigenvalue weighted by Gasteiger charge is 2.21. The summed E-state index contributed by atoms with van der Waals surface area (Å²) in [6, 6.07) is 23.1. The maximum absolute atomic E-state index is 12.3. The number of carbonyl (C=O) groups excluding carboxylic acids is 3. The number of para-hydroxylation sites is 3. The Bertz CT molecular complexity index is 1150. The van der Waals surface area contributed by atoms with Crippen LogP contribution in [0.1, 0.15) is 12.8 Å². The van der Waals surface area contributed by atoms with Gasteiger partial charge in [0.1, 0.15) is 11.5 Å². The highest BCUT2D eigenvalue weighted by Crippen LogP contribution is 2.29. The van der Waals surface area contributed by atoms with Crippen molar-refractivity contribution in [2.24, 2.45) is 0 Å². The predicted octanol–water partition coefficient (Wildman–Crippen LogP) is 4.17. The first kappa shape index (κ1) is 22.8. The number of hydrogen-bond acceptors (Lipinski definition) is 6. The van der Waals surface area contributed by atoms with Gasteiger partial charge in [0.15, 0.2) is 19.0 Å². The molecule has 1 aliphatic rings. The van der Waals surface area contributed by atoms with Crippen LogP contribution in [0.25, 0.3) is 0 Å². The average molecular weight is 460 g/mol. The van der Waals surface area contributed by atoms with Gasteiger partial charge in [0.25, 0.3) is 5.91 Å². The summed E-state index contributed by atoms with van der Waals surface area (Å²) in [6.45, 7) is -0.100. The Balaban J connectivity index is 1.22. The Morgan fingerprint density at radius 1 is 0.853 bits per heavy atom. The van der Waals surface area contributed by atoms with E-state index in [9.17, 15) is 14.4 Å². The number of nitrogens with one attached hydrogen (secondary N) is 1. The quantitative estimate of drug-likeness (QED) is 0.482. The molecule has 1 aliphatic heterocycles. The second-order valence-corrected chi connectivity index (χ2v) is 7.55. The van der Waals surface area contributed by atoms with Crippen LogP contribution in [-0.2, 0) is 19.1 Å². The zero-order valence-corrected chi connectivity index (χ0v) is 18.4. The van der Waals surface area contributed by atoms with E-state index in [0.717, 1.165) is 12.1 Å². The largest absolute Gasteiger partial charge is 0.482 e. The summed E-state index contributed by atoms with van der Waals surface area (Å²) in [5, 5.41) is 2.68. The van der Waals surface area contributed by atoms with Crippen molar-refractivity contribution in [3.63, 3.8) is 0 Å². The van der Waals surface area contributed by atoms with Gasteiger partial charge < -0.3 is 24.4 Å². The number of rotatable bonds is 9. The van der Waals surface area contributed by atoms with Gasteiger partial charge in [0, 0.05) is 18.7 Å². The number of hydrogen-bond donors (Lipinski definition) is 1. The minimum Gasteiger partial charge on any atom is -0.482 e. The molecule has 34 heavy (non-hydrogen) atoms. The van der Waals surface area contributed by atoms with Gasteiger partial charge >= 0.3 is 5.97 Å². The molecule has 3 aromatic rings. The number of benzene rings is 3. The second-order valence-electron chi connectivity index (χ2n) is 7.55. The summed E-state index contributed by atoms with van der Waals surface area (Å²) in [5.41, 5.74) is 1.26. The first-order valence-corrected chi connectivity index (χ1v) is 10.9. The fourth-order valence-corrected chi connectivity index (χ4v) is 3.43. The van der Waals surface area contributed by atoms with Crippen LogP contribution < -0.4 is 19.7 Å². The van der Waals surface area contributed by atoms with Crippen LogP contribution in [-0.4, -0.2) is 37.5 Å². The van der Waals surface area contributed by atoms with Gasteiger partial charge in [-0.3, -0.25) is 9.59 Å². The summed E-state index contributed by atoms with van der Waals surface area (Å²) in [4.78, 5) is 37.8. The van der Waals surface area contributed by atoms with Crippen LogP contribution in [0.15, 0.2) is 78.9 Å². The summed E-state index contributed by atoms with van der Waals surface area (Å²) in [6.07, 6.45) is 1.41. The smallest absolute Gasteiger partial charge is 0.344 e. The average Bonchev–Trinajstić information content (AvgIpc) is 3.29. The van der Waals surface area contributed by atoms with E-state index >= 15 is 0 Å². The fourth-order valence-electron chi connectivity index (χ4n) is 3.43. The van der Waals surface area contributed by atoms with Crippen molar-refractivity contribution < 1.29 is 28.6 Å². The van der Waals surface area contributed by atoms with Gasteiger partial charge in [-0.1, -0.05) is 30.3 Å². The Morgan fingerprint density at radius 3 is 2.32 bits per heavy atom. The molecule has 0 unspecified atom stereocenters. The number of anilines is 2. The number of ether oxygens (including phenoxy) is 3. The number of nitrogens with zero attached hydrogens (tertiary/aromatic N) is 1. The molecule has 4 rings (SSSR count). The van der Waals surface area contributed by atoms with Crippen molar-refractivity contribution in [2.75, 3.05) is 30.0 Å². The van der Waals surface area contributed by atoms with Crippen LogP contribution in [0.5, 0.6) is 17.2 Å². The van der Waals surface area contributed by atoms with Crippen molar-refractivity contribution in [3.05, 3.63) is 78.9 Å². The van der Waals surface area contributed by atoms with Crippen molar-refractivity contribution in [1.29, 1.82) is 0 Å². The molecule has 0 bridgehead atoms. The van der Waals surface area contributed by atoms with Crippen molar-refractivity contribution in [3.8, 4) is 17.2 Å². The summed E-state index contributed by atoms with van der Waals surface area (Å²) in [7, 11) is 0. The topological polar surface area (TPSA) is 94.2 Å².